The van der Waals surface area contributed by atoms with Gasteiger partial charge in [-0.1, -0.05) is 45.0 Å². The lowest BCUT2D eigenvalue weighted by Crippen LogP contribution is -2.06. The predicted octanol–water partition coefficient (Wildman–Crippen LogP) is 3.75. The van der Waals surface area contributed by atoms with Gasteiger partial charge in [-0.3, -0.25) is 0 Å². The highest BCUT2D eigenvalue weighted by molar-refractivity contribution is 5.45. The van der Waals surface area contributed by atoms with Crippen LogP contribution in [-0.4, -0.2) is 9.97 Å². The number of nitrogens with zero attached hydrogens (tertiary/aromatic N) is 2. The van der Waals surface area contributed by atoms with E-state index in [1.165, 1.54) is 11.1 Å². The van der Waals surface area contributed by atoms with Crippen molar-refractivity contribution in [2.75, 3.05) is 11.1 Å². The average molecular weight is 284 g/mol. The van der Waals surface area contributed by atoms with Crippen LogP contribution in [0.25, 0.3) is 0 Å². The second-order valence-electron chi connectivity index (χ2n) is 5.59. The molecule has 21 heavy (non-hydrogen) atoms. The summed E-state index contributed by atoms with van der Waals surface area (Å²) in [6.07, 6.45) is 1.86. The highest BCUT2D eigenvalue weighted by Crippen LogP contribution is 2.16. The number of nitrogen functional groups attached to an aromatic ring is 1. The zero-order valence-electron chi connectivity index (χ0n) is 13.1. The van der Waals surface area contributed by atoms with Gasteiger partial charge >= 0.3 is 0 Å². The van der Waals surface area contributed by atoms with Gasteiger partial charge in [-0.25, -0.2) is 9.97 Å². The number of aromatic nitrogens is 2. The Morgan fingerprint density at radius 2 is 1.86 bits per heavy atom. The van der Waals surface area contributed by atoms with Crippen molar-refractivity contribution in [2.24, 2.45) is 0 Å². The molecule has 2 aromatic rings. The first kappa shape index (κ1) is 15.3. The molecule has 1 heterocycles. The quantitative estimate of drug-likeness (QED) is 0.848. The molecule has 1 aromatic carbocycles. The molecule has 4 heteroatoms. The molecule has 0 atom stereocenters. The van der Waals surface area contributed by atoms with E-state index in [1.54, 1.807) is 6.07 Å². The molecule has 0 aliphatic rings. The van der Waals surface area contributed by atoms with Crippen molar-refractivity contribution in [1.82, 2.24) is 9.97 Å². The standard InChI is InChI=1S/C17H24N4/c1-4-5-16-20-15(18)10-17(21-16)19-11-13-6-8-14(9-7-13)12(2)3/h6-10,12H,4-5,11H2,1-3H3,(H3,18,19,20,21). The van der Waals surface area contributed by atoms with Gasteiger partial charge in [0.1, 0.15) is 17.5 Å². The fourth-order valence-electron chi connectivity index (χ4n) is 2.16. The third kappa shape index (κ3) is 4.45. The fourth-order valence-corrected chi connectivity index (χ4v) is 2.16. The summed E-state index contributed by atoms with van der Waals surface area (Å²) < 4.78 is 0. The van der Waals surface area contributed by atoms with Gasteiger partial charge < -0.3 is 11.1 Å². The summed E-state index contributed by atoms with van der Waals surface area (Å²) >= 11 is 0. The van der Waals surface area contributed by atoms with Gasteiger partial charge in [-0.15, -0.1) is 0 Å². The van der Waals surface area contributed by atoms with Crippen LogP contribution in [0.15, 0.2) is 30.3 Å². The molecular weight excluding hydrogens is 260 g/mol. The lowest BCUT2D eigenvalue weighted by molar-refractivity contribution is 0.836. The molecule has 0 fully saturated rings. The summed E-state index contributed by atoms with van der Waals surface area (Å²) in [6, 6.07) is 10.4. The Morgan fingerprint density at radius 1 is 1.14 bits per heavy atom. The molecule has 0 spiro atoms. The third-order valence-electron chi connectivity index (χ3n) is 3.39. The largest absolute Gasteiger partial charge is 0.384 e. The van der Waals surface area contributed by atoms with E-state index in [9.17, 15) is 0 Å². The van der Waals surface area contributed by atoms with E-state index in [1.807, 2.05) is 0 Å². The van der Waals surface area contributed by atoms with Crippen molar-refractivity contribution in [1.29, 1.82) is 0 Å². The molecule has 0 aliphatic carbocycles. The Kier molecular flexibility index (Phi) is 5.14. The number of rotatable bonds is 6. The number of benzene rings is 1. The summed E-state index contributed by atoms with van der Waals surface area (Å²) in [4.78, 5) is 8.72. The van der Waals surface area contributed by atoms with Crippen LogP contribution in [0.5, 0.6) is 0 Å². The summed E-state index contributed by atoms with van der Waals surface area (Å²) in [6.45, 7) is 7.24. The van der Waals surface area contributed by atoms with Crippen LogP contribution in [0.3, 0.4) is 0 Å². The van der Waals surface area contributed by atoms with Crippen LogP contribution in [0.1, 0.15) is 50.1 Å². The summed E-state index contributed by atoms with van der Waals surface area (Å²) in [5.41, 5.74) is 8.41. The molecule has 112 valence electrons. The summed E-state index contributed by atoms with van der Waals surface area (Å²) in [5, 5.41) is 3.32. The second-order valence-corrected chi connectivity index (χ2v) is 5.59. The number of hydrogen-bond acceptors (Lipinski definition) is 4. The van der Waals surface area contributed by atoms with E-state index in [-0.39, 0.29) is 0 Å². The van der Waals surface area contributed by atoms with Crippen molar-refractivity contribution in [2.45, 2.75) is 46.1 Å². The zero-order valence-corrected chi connectivity index (χ0v) is 13.1. The van der Waals surface area contributed by atoms with Gasteiger partial charge in [0.2, 0.25) is 0 Å². The van der Waals surface area contributed by atoms with Crippen LogP contribution in [0, 0.1) is 0 Å². The predicted molar refractivity (Wildman–Crippen MR) is 88.3 cm³/mol. The zero-order chi connectivity index (χ0) is 15.2. The van der Waals surface area contributed by atoms with Crippen molar-refractivity contribution in [3.05, 3.63) is 47.3 Å². The molecule has 0 unspecified atom stereocenters. The average Bonchev–Trinajstić information content (AvgIpc) is 2.45. The van der Waals surface area contributed by atoms with E-state index in [0.29, 0.717) is 11.7 Å². The summed E-state index contributed by atoms with van der Waals surface area (Å²) in [7, 11) is 0. The number of aryl methyl sites for hydroxylation is 1. The Morgan fingerprint density at radius 3 is 2.48 bits per heavy atom. The summed E-state index contributed by atoms with van der Waals surface area (Å²) in [5.74, 6) is 2.67. The molecule has 0 amide bonds. The number of nitrogens with one attached hydrogen (secondary N) is 1. The Labute approximate surface area is 126 Å². The van der Waals surface area contributed by atoms with Gasteiger partial charge in [-0.05, 0) is 23.5 Å². The van der Waals surface area contributed by atoms with Crippen LogP contribution >= 0.6 is 0 Å². The third-order valence-corrected chi connectivity index (χ3v) is 3.39. The molecule has 2 rings (SSSR count). The number of nitrogens with two attached hydrogens (primary N) is 1. The maximum atomic E-state index is 5.82. The fraction of sp³-hybridized carbons (Fsp3) is 0.412. The molecular formula is C17H24N4. The minimum absolute atomic E-state index is 0.520. The van der Waals surface area contributed by atoms with Crippen molar-refractivity contribution in [3.8, 4) is 0 Å². The highest BCUT2D eigenvalue weighted by atomic mass is 15.0. The molecule has 3 N–H and O–H groups in total. The van der Waals surface area contributed by atoms with Crippen LogP contribution in [-0.2, 0) is 13.0 Å². The van der Waals surface area contributed by atoms with Gasteiger partial charge in [-0.2, -0.15) is 0 Å². The van der Waals surface area contributed by atoms with E-state index < -0.39 is 0 Å². The van der Waals surface area contributed by atoms with Crippen molar-refractivity contribution in [3.63, 3.8) is 0 Å². The Balaban J connectivity index is 2.02. The van der Waals surface area contributed by atoms with Crippen molar-refractivity contribution >= 4 is 11.6 Å². The van der Waals surface area contributed by atoms with E-state index >= 15 is 0 Å². The topological polar surface area (TPSA) is 63.8 Å². The first-order valence-electron chi connectivity index (χ1n) is 7.54. The number of anilines is 2. The molecule has 4 nitrogen and oxygen atoms in total. The minimum atomic E-state index is 0.520. The Bertz CT molecular complexity index is 576. The molecule has 1 aromatic heterocycles. The molecule has 0 saturated carbocycles. The molecule has 0 bridgehead atoms. The van der Waals surface area contributed by atoms with E-state index in [4.69, 9.17) is 5.73 Å². The second kappa shape index (κ2) is 7.07. The minimum Gasteiger partial charge on any atom is -0.384 e. The normalized spacial score (nSPS) is 10.9. The lowest BCUT2D eigenvalue weighted by Gasteiger charge is -2.10. The van der Waals surface area contributed by atoms with Gasteiger partial charge in [0.15, 0.2) is 0 Å². The van der Waals surface area contributed by atoms with E-state index in [2.05, 4.69) is 60.3 Å². The Hall–Kier alpha value is -2.10. The van der Waals surface area contributed by atoms with Crippen LogP contribution < -0.4 is 11.1 Å². The molecule has 0 radical (unpaired) electrons. The SMILES string of the molecule is CCCc1nc(N)cc(NCc2ccc(C(C)C)cc2)n1. The lowest BCUT2D eigenvalue weighted by atomic mass is 10.0. The molecule has 0 saturated heterocycles. The maximum Gasteiger partial charge on any atom is 0.133 e. The van der Waals surface area contributed by atoms with E-state index in [0.717, 1.165) is 31.0 Å². The molecule has 0 aliphatic heterocycles. The highest BCUT2D eigenvalue weighted by Gasteiger charge is 2.03. The van der Waals surface area contributed by atoms with Gasteiger partial charge in [0.25, 0.3) is 0 Å². The first-order chi connectivity index (χ1) is 10.1. The monoisotopic (exact) mass is 284 g/mol. The van der Waals surface area contributed by atoms with Crippen molar-refractivity contribution < 1.29 is 0 Å². The van der Waals surface area contributed by atoms with Crippen LogP contribution in [0.4, 0.5) is 11.6 Å². The maximum absolute atomic E-state index is 5.82. The number of hydrogen-bond donors (Lipinski definition) is 2. The van der Waals surface area contributed by atoms with Gasteiger partial charge in [0, 0.05) is 19.0 Å². The first-order valence-corrected chi connectivity index (χ1v) is 7.54. The van der Waals surface area contributed by atoms with Gasteiger partial charge in [0.05, 0.1) is 0 Å². The van der Waals surface area contributed by atoms with Crippen LogP contribution in [0.2, 0.25) is 0 Å². The smallest absolute Gasteiger partial charge is 0.133 e.